The third kappa shape index (κ3) is 5.14. The van der Waals surface area contributed by atoms with E-state index in [1.807, 2.05) is 31.2 Å². The number of benzene rings is 1. The van der Waals surface area contributed by atoms with Crippen LogP contribution < -0.4 is 5.32 Å². The first kappa shape index (κ1) is 14.4. The lowest BCUT2D eigenvalue weighted by Gasteiger charge is -2.05. The van der Waals surface area contributed by atoms with Crippen molar-refractivity contribution in [3.05, 3.63) is 48.0 Å². The van der Waals surface area contributed by atoms with Gasteiger partial charge in [0.25, 0.3) is 0 Å². The minimum absolute atomic E-state index is 0.176. The first-order valence-corrected chi connectivity index (χ1v) is 7.38. The maximum atomic E-state index is 11.4. The number of hydrogen-bond acceptors (Lipinski definition) is 3. The van der Waals surface area contributed by atoms with Crippen molar-refractivity contribution in [1.82, 2.24) is 5.32 Å². The van der Waals surface area contributed by atoms with Gasteiger partial charge < -0.3 is 5.32 Å². The van der Waals surface area contributed by atoms with Gasteiger partial charge in [-0.05, 0) is 12.5 Å². The van der Waals surface area contributed by atoms with E-state index in [0.29, 0.717) is 6.54 Å². The first-order valence-electron chi connectivity index (χ1n) is 5.56. The molecule has 0 spiro atoms. The van der Waals surface area contributed by atoms with Crippen LogP contribution >= 0.6 is 0 Å². The molecule has 0 heterocycles. The molecule has 1 aromatic carbocycles. The first-order chi connectivity index (χ1) is 8.43. The van der Waals surface area contributed by atoms with Crippen LogP contribution in [0.4, 0.5) is 0 Å². The van der Waals surface area contributed by atoms with Crippen molar-refractivity contribution in [3.63, 3.8) is 0 Å². The van der Waals surface area contributed by atoms with Crippen LogP contribution in [0.1, 0.15) is 11.1 Å². The SMILES string of the molecule is C=CCS(=O)(=O)CC(=O)NCc1ccc(C)cc1. The molecule has 0 aromatic heterocycles. The summed E-state index contributed by atoms with van der Waals surface area (Å²) in [4.78, 5) is 11.4. The third-order valence-electron chi connectivity index (χ3n) is 2.33. The number of carbonyl (C=O) groups excluding carboxylic acids is 1. The zero-order valence-corrected chi connectivity index (χ0v) is 11.2. The van der Waals surface area contributed by atoms with Crippen LogP contribution in [0.2, 0.25) is 0 Å². The molecule has 1 amide bonds. The van der Waals surface area contributed by atoms with Crippen LogP contribution in [0.25, 0.3) is 0 Å². The second-order valence-corrected chi connectivity index (χ2v) is 6.21. The van der Waals surface area contributed by atoms with Gasteiger partial charge in [0.05, 0.1) is 5.75 Å². The van der Waals surface area contributed by atoms with E-state index in [2.05, 4.69) is 11.9 Å². The summed E-state index contributed by atoms with van der Waals surface area (Å²) >= 11 is 0. The Morgan fingerprint density at radius 2 is 1.94 bits per heavy atom. The van der Waals surface area contributed by atoms with Crippen molar-refractivity contribution in [2.24, 2.45) is 0 Å². The lowest BCUT2D eigenvalue weighted by molar-refractivity contribution is -0.118. The van der Waals surface area contributed by atoms with Gasteiger partial charge in [0.1, 0.15) is 5.75 Å². The topological polar surface area (TPSA) is 63.2 Å². The second-order valence-electron chi connectivity index (χ2n) is 4.11. The lowest BCUT2D eigenvalue weighted by Crippen LogP contribution is -2.30. The standard InChI is InChI=1S/C13H17NO3S/c1-3-8-18(16,17)10-13(15)14-9-12-6-4-11(2)5-7-12/h3-7H,1,8-10H2,2H3,(H,14,15). The molecule has 0 saturated heterocycles. The van der Waals surface area contributed by atoms with Crippen molar-refractivity contribution in [1.29, 1.82) is 0 Å². The van der Waals surface area contributed by atoms with Gasteiger partial charge in [0, 0.05) is 6.54 Å². The predicted molar refractivity (Wildman–Crippen MR) is 71.9 cm³/mol. The van der Waals surface area contributed by atoms with Crippen molar-refractivity contribution < 1.29 is 13.2 Å². The Morgan fingerprint density at radius 3 is 2.50 bits per heavy atom. The van der Waals surface area contributed by atoms with E-state index in [4.69, 9.17) is 0 Å². The highest BCUT2D eigenvalue weighted by molar-refractivity contribution is 7.92. The molecule has 0 fully saturated rings. The molecule has 98 valence electrons. The van der Waals surface area contributed by atoms with Crippen LogP contribution in [0.3, 0.4) is 0 Å². The van der Waals surface area contributed by atoms with Gasteiger partial charge in [-0.15, -0.1) is 6.58 Å². The summed E-state index contributed by atoms with van der Waals surface area (Å²) in [5.74, 6) is -1.16. The monoisotopic (exact) mass is 267 g/mol. The van der Waals surface area contributed by atoms with E-state index >= 15 is 0 Å². The summed E-state index contributed by atoms with van der Waals surface area (Å²) in [6.07, 6.45) is 1.28. The normalized spacial score (nSPS) is 10.9. The summed E-state index contributed by atoms with van der Waals surface area (Å²) in [6.45, 7) is 5.66. The summed E-state index contributed by atoms with van der Waals surface area (Å²) < 4.78 is 22.7. The largest absolute Gasteiger partial charge is 0.351 e. The van der Waals surface area contributed by atoms with E-state index in [-0.39, 0.29) is 5.75 Å². The molecule has 18 heavy (non-hydrogen) atoms. The summed E-state index contributed by atoms with van der Waals surface area (Å²) in [5.41, 5.74) is 2.08. The second kappa shape index (κ2) is 6.35. The number of nitrogens with one attached hydrogen (secondary N) is 1. The average Bonchev–Trinajstić information content (AvgIpc) is 2.27. The number of sulfone groups is 1. The quantitative estimate of drug-likeness (QED) is 0.788. The molecule has 0 aliphatic rings. The van der Waals surface area contributed by atoms with Crippen molar-refractivity contribution >= 4 is 15.7 Å². The highest BCUT2D eigenvalue weighted by Crippen LogP contribution is 2.02. The van der Waals surface area contributed by atoms with Crippen LogP contribution in [-0.2, 0) is 21.2 Å². The van der Waals surface area contributed by atoms with Crippen molar-refractivity contribution in [2.75, 3.05) is 11.5 Å². The zero-order valence-electron chi connectivity index (χ0n) is 10.3. The van der Waals surface area contributed by atoms with E-state index in [0.717, 1.165) is 11.1 Å². The summed E-state index contributed by atoms with van der Waals surface area (Å²) in [5, 5.41) is 2.58. The van der Waals surface area contributed by atoms with Gasteiger partial charge in [-0.1, -0.05) is 35.9 Å². The van der Waals surface area contributed by atoms with E-state index in [1.54, 1.807) is 0 Å². The Hall–Kier alpha value is -1.62. The van der Waals surface area contributed by atoms with Gasteiger partial charge in [0.15, 0.2) is 9.84 Å². The van der Waals surface area contributed by atoms with Crippen molar-refractivity contribution in [3.8, 4) is 0 Å². The van der Waals surface area contributed by atoms with Gasteiger partial charge in [-0.2, -0.15) is 0 Å². The Labute approximate surface area is 108 Å². The van der Waals surface area contributed by atoms with Crippen molar-refractivity contribution in [2.45, 2.75) is 13.5 Å². The average molecular weight is 267 g/mol. The molecular weight excluding hydrogens is 250 g/mol. The number of rotatable bonds is 6. The van der Waals surface area contributed by atoms with E-state index in [1.165, 1.54) is 6.08 Å². The van der Waals surface area contributed by atoms with Crippen LogP contribution in [-0.4, -0.2) is 25.8 Å². The minimum atomic E-state index is -3.37. The number of aryl methyl sites for hydroxylation is 1. The maximum absolute atomic E-state index is 11.4. The Bertz CT molecular complexity index is 518. The van der Waals surface area contributed by atoms with Gasteiger partial charge >= 0.3 is 0 Å². The highest BCUT2D eigenvalue weighted by atomic mass is 32.2. The number of hydrogen-bond donors (Lipinski definition) is 1. The molecule has 0 unspecified atom stereocenters. The van der Waals surface area contributed by atoms with Crippen LogP contribution in [0.5, 0.6) is 0 Å². The molecule has 1 rings (SSSR count). The molecule has 1 N–H and O–H groups in total. The number of amides is 1. The molecule has 4 nitrogen and oxygen atoms in total. The van der Waals surface area contributed by atoms with Gasteiger partial charge in [-0.25, -0.2) is 8.42 Å². The molecule has 5 heteroatoms. The molecule has 1 aromatic rings. The fourth-order valence-electron chi connectivity index (χ4n) is 1.40. The van der Waals surface area contributed by atoms with Gasteiger partial charge in [0.2, 0.25) is 5.91 Å². The minimum Gasteiger partial charge on any atom is -0.351 e. The maximum Gasteiger partial charge on any atom is 0.235 e. The predicted octanol–water partition coefficient (Wildman–Crippen LogP) is 1.21. The summed E-state index contributed by atoms with van der Waals surface area (Å²) in [6, 6.07) is 7.67. The highest BCUT2D eigenvalue weighted by Gasteiger charge is 2.14. The van der Waals surface area contributed by atoms with Crippen LogP contribution in [0, 0.1) is 6.92 Å². The fourth-order valence-corrected chi connectivity index (χ4v) is 2.37. The number of carbonyl (C=O) groups is 1. The molecule has 0 atom stereocenters. The lowest BCUT2D eigenvalue weighted by atomic mass is 10.1. The molecule has 0 aliphatic heterocycles. The summed E-state index contributed by atoms with van der Waals surface area (Å²) in [7, 11) is -3.37. The molecule has 0 bridgehead atoms. The van der Waals surface area contributed by atoms with Gasteiger partial charge in [-0.3, -0.25) is 4.79 Å². The molecule has 0 radical (unpaired) electrons. The van der Waals surface area contributed by atoms with E-state index in [9.17, 15) is 13.2 Å². The third-order valence-corrected chi connectivity index (χ3v) is 3.78. The Balaban J connectivity index is 2.47. The fraction of sp³-hybridized carbons (Fsp3) is 0.308. The molecular formula is C13H17NO3S. The molecule has 0 aliphatic carbocycles. The smallest absolute Gasteiger partial charge is 0.235 e. The van der Waals surface area contributed by atoms with E-state index < -0.39 is 21.5 Å². The Kier molecular flexibility index (Phi) is 5.09. The Morgan fingerprint density at radius 1 is 1.33 bits per heavy atom. The molecule has 0 saturated carbocycles. The zero-order chi connectivity index (χ0) is 13.6. The van der Waals surface area contributed by atoms with Crippen LogP contribution in [0.15, 0.2) is 36.9 Å².